The Kier molecular flexibility index (Phi) is 36.7. The summed E-state index contributed by atoms with van der Waals surface area (Å²) in [5.41, 5.74) is 0. The van der Waals surface area contributed by atoms with Gasteiger partial charge in [0.2, 0.25) is 5.91 Å². The number of carbonyl (C=O) groups excluding carboxylic acids is 1. The van der Waals surface area contributed by atoms with Gasteiger partial charge >= 0.3 is 7.82 Å². The molecule has 0 rings (SSSR count). The number of aliphatic hydroxyl groups excluding tert-OH is 1. The lowest BCUT2D eigenvalue weighted by atomic mass is 10.0. The van der Waals surface area contributed by atoms with Gasteiger partial charge in [0, 0.05) is 6.42 Å². The van der Waals surface area contributed by atoms with Crippen molar-refractivity contribution in [3.05, 3.63) is 0 Å². The van der Waals surface area contributed by atoms with Crippen LogP contribution < -0.4 is 5.32 Å². The fourth-order valence-corrected chi connectivity index (χ4v) is 7.67. The van der Waals surface area contributed by atoms with Gasteiger partial charge in [-0.1, -0.05) is 206 Å². The summed E-state index contributed by atoms with van der Waals surface area (Å²) in [6.07, 6.45) is 39.9. The predicted octanol–water partition coefficient (Wildman–Crippen LogP) is 12.6. The third kappa shape index (κ3) is 39.5. The lowest BCUT2D eigenvalue weighted by molar-refractivity contribution is -0.870. The molecule has 0 aliphatic rings. The number of nitrogens with zero attached hydrogens (tertiary/aromatic N) is 1. The van der Waals surface area contributed by atoms with Crippen molar-refractivity contribution in [3.8, 4) is 0 Å². The van der Waals surface area contributed by atoms with Crippen LogP contribution in [0, 0.1) is 0 Å². The van der Waals surface area contributed by atoms with Gasteiger partial charge in [-0.2, -0.15) is 0 Å². The molecule has 0 aliphatic carbocycles. The molecule has 3 atom stereocenters. The third-order valence-corrected chi connectivity index (χ3v) is 11.6. The van der Waals surface area contributed by atoms with Crippen LogP contribution in [0.3, 0.4) is 0 Å². The number of phosphoric acid groups is 1. The number of hydrogen-bond donors (Lipinski definition) is 3. The van der Waals surface area contributed by atoms with Gasteiger partial charge in [0.05, 0.1) is 39.9 Å². The van der Waals surface area contributed by atoms with Crippen LogP contribution in [-0.2, 0) is 18.4 Å². The SMILES string of the molecule is CCCCCCCCCCCCCCCCCCCCCCC(O)C(COP(=O)(O)OCC[N+](C)(C)C)NC(=O)CCCCCCCCCCCCC. The van der Waals surface area contributed by atoms with E-state index in [1.165, 1.54) is 161 Å². The second kappa shape index (κ2) is 37.1. The highest BCUT2D eigenvalue weighted by Crippen LogP contribution is 2.43. The van der Waals surface area contributed by atoms with E-state index >= 15 is 0 Å². The summed E-state index contributed by atoms with van der Waals surface area (Å²) in [4.78, 5) is 23.1. The molecule has 0 saturated carbocycles. The van der Waals surface area contributed by atoms with Gasteiger partial charge in [0.25, 0.3) is 0 Å². The summed E-state index contributed by atoms with van der Waals surface area (Å²) in [6, 6.07) is -0.752. The van der Waals surface area contributed by atoms with E-state index in [1.807, 2.05) is 21.1 Å². The Morgan fingerprint density at radius 2 is 0.906 bits per heavy atom. The molecule has 0 aliphatic heterocycles. The van der Waals surface area contributed by atoms with Gasteiger partial charge in [0.1, 0.15) is 13.2 Å². The van der Waals surface area contributed by atoms with Gasteiger partial charge in [-0.25, -0.2) is 4.57 Å². The van der Waals surface area contributed by atoms with E-state index < -0.39 is 20.0 Å². The minimum atomic E-state index is -4.30. The van der Waals surface area contributed by atoms with Crippen molar-refractivity contribution in [2.24, 2.45) is 0 Å². The highest BCUT2D eigenvalue weighted by Gasteiger charge is 2.28. The van der Waals surface area contributed by atoms with Gasteiger partial charge in [0.15, 0.2) is 0 Å². The molecular formula is C44H92N2O6P+. The Balaban J connectivity index is 4.25. The fraction of sp³-hybridized carbons (Fsp3) is 0.977. The van der Waals surface area contributed by atoms with Crippen molar-refractivity contribution in [2.75, 3.05) is 40.9 Å². The zero-order valence-electron chi connectivity index (χ0n) is 36.0. The van der Waals surface area contributed by atoms with Crippen molar-refractivity contribution in [3.63, 3.8) is 0 Å². The van der Waals surface area contributed by atoms with E-state index in [1.54, 1.807) is 0 Å². The quantitative estimate of drug-likeness (QED) is 0.0324. The summed E-state index contributed by atoms with van der Waals surface area (Å²) in [5.74, 6) is -0.143. The van der Waals surface area contributed by atoms with Crippen molar-refractivity contribution >= 4 is 13.7 Å². The molecule has 318 valence electrons. The molecule has 0 spiro atoms. The second-order valence-corrected chi connectivity index (χ2v) is 18.6. The number of likely N-dealkylation sites (N-methyl/N-ethyl adjacent to an activating group) is 1. The first kappa shape index (κ1) is 52.5. The number of rotatable bonds is 42. The molecule has 0 aromatic carbocycles. The molecule has 0 fully saturated rings. The number of nitrogens with one attached hydrogen (secondary N) is 1. The van der Waals surface area contributed by atoms with E-state index in [0.717, 1.165) is 38.5 Å². The summed E-state index contributed by atoms with van der Waals surface area (Å²) in [5, 5.41) is 14.0. The molecule has 0 heterocycles. The van der Waals surface area contributed by atoms with E-state index in [2.05, 4.69) is 19.2 Å². The standard InChI is InChI=1S/C44H91N2O6P/c1-6-8-10-12-14-16-18-19-20-21-22-23-24-25-26-28-29-31-33-35-37-43(47)42(41-52-53(49,50)51-40-39-46(3,4)5)45-44(48)38-36-34-32-30-27-17-15-13-11-9-7-2/h42-43,47H,6-41H2,1-5H3,(H-,45,48,49,50)/p+1. The lowest BCUT2D eigenvalue weighted by Crippen LogP contribution is -2.46. The zero-order valence-corrected chi connectivity index (χ0v) is 36.9. The number of phosphoric ester groups is 1. The Bertz CT molecular complexity index is 839. The van der Waals surface area contributed by atoms with Crippen LogP contribution in [0.15, 0.2) is 0 Å². The molecule has 0 aromatic heterocycles. The summed E-state index contributed by atoms with van der Waals surface area (Å²) < 4.78 is 23.6. The lowest BCUT2D eigenvalue weighted by Gasteiger charge is -2.26. The first-order valence-electron chi connectivity index (χ1n) is 22.9. The smallest absolute Gasteiger partial charge is 0.391 e. The Hall–Kier alpha value is -0.500. The number of aliphatic hydroxyl groups is 1. The normalized spacial score (nSPS) is 14.3. The third-order valence-electron chi connectivity index (χ3n) is 10.6. The molecule has 9 heteroatoms. The average Bonchev–Trinajstić information content (AvgIpc) is 3.10. The van der Waals surface area contributed by atoms with Crippen LogP contribution in [0.1, 0.15) is 226 Å². The predicted molar refractivity (Wildman–Crippen MR) is 226 cm³/mol. The maximum absolute atomic E-state index is 12.8. The van der Waals surface area contributed by atoms with Crippen molar-refractivity contribution in [2.45, 2.75) is 238 Å². The number of unbranched alkanes of at least 4 members (excludes halogenated alkanes) is 29. The number of carbonyl (C=O) groups is 1. The Morgan fingerprint density at radius 1 is 0.566 bits per heavy atom. The summed E-state index contributed by atoms with van der Waals surface area (Å²) >= 11 is 0. The highest BCUT2D eigenvalue weighted by atomic mass is 31.2. The monoisotopic (exact) mass is 776 g/mol. The largest absolute Gasteiger partial charge is 0.472 e. The van der Waals surface area contributed by atoms with Crippen LogP contribution in [0.25, 0.3) is 0 Å². The van der Waals surface area contributed by atoms with Crippen molar-refractivity contribution in [1.82, 2.24) is 5.32 Å². The fourth-order valence-electron chi connectivity index (χ4n) is 6.93. The van der Waals surface area contributed by atoms with Crippen LogP contribution >= 0.6 is 7.82 Å². The van der Waals surface area contributed by atoms with E-state index in [4.69, 9.17) is 9.05 Å². The average molecular weight is 776 g/mol. The molecule has 0 bridgehead atoms. The minimum Gasteiger partial charge on any atom is -0.391 e. The summed E-state index contributed by atoms with van der Waals surface area (Å²) in [6.45, 7) is 4.90. The van der Waals surface area contributed by atoms with Gasteiger partial charge in [-0.3, -0.25) is 13.8 Å². The maximum atomic E-state index is 12.8. The molecule has 0 saturated heterocycles. The summed E-state index contributed by atoms with van der Waals surface area (Å²) in [7, 11) is 1.63. The van der Waals surface area contributed by atoms with Crippen molar-refractivity contribution in [1.29, 1.82) is 0 Å². The minimum absolute atomic E-state index is 0.0785. The molecule has 3 N–H and O–H groups in total. The van der Waals surface area contributed by atoms with E-state index in [9.17, 15) is 19.4 Å². The maximum Gasteiger partial charge on any atom is 0.472 e. The molecule has 1 amide bonds. The van der Waals surface area contributed by atoms with Gasteiger partial charge in [-0.15, -0.1) is 0 Å². The number of hydrogen-bond acceptors (Lipinski definition) is 5. The van der Waals surface area contributed by atoms with E-state index in [-0.39, 0.29) is 19.1 Å². The first-order chi connectivity index (χ1) is 25.5. The molecule has 53 heavy (non-hydrogen) atoms. The molecule has 0 aromatic rings. The Morgan fingerprint density at radius 3 is 1.26 bits per heavy atom. The van der Waals surface area contributed by atoms with Crippen LogP contribution in [0.2, 0.25) is 0 Å². The van der Waals surface area contributed by atoms with E-state index in [0.29, 0.717) is 23.9 Å². The van der Waals surface area contributed by atoms with Crippen molar-refractivity contribution < 1.29 is 32.9 Å². The van der Waals surface area contributed by atoms with Gasteiger partial charge in [-0.05, 0) is 12.8 Å². The molecular weight excluding hydrogens is 683 g/mol. The first-order valence-corrected chi connectivity index (χ1v) is 24.4. The van der Waals surface area contributed by atoms with Crippen LogP contribution in [0.4, 0.5) is 0 Å². The molecule has 3 unspecified atom stereocenters. The zero-order chi connectivity index (χ0) is 39.3. The number of amides is 1. The van der Waals surface area contributed by atoms with Crippen LogP contribution in [0.5, 0.6) is 0 Å². The Labute approximate surface area is 329 Å². The highest BCUT2D eigenvalue weighted by molar-refractivity contribution is 7.47. The van der Waals surface area contributed by atoms with Crippen LogP contribution in [-0.4, -0.2) is 73.4 Å². The second-order valence-electron chi connectivity index (χ2n) is 17.1. The molecule has 8 nitrogen and oxygen atoms in total. The number of quaternary nitrogens is 1. The molecule has 0 radical (unpaired) electrons. The topological polar surface area (TPSA) is 105 Å². The van der Waals surface area contributed by atoms with Gasteiger partial charge < -0.3 is 19.8 Å².